The number of hydrogen-bond acceptors (Lipinski definition) is 4. The highest BCUT2D eigenvalue weighted by molar-refractivity contribution is 9.10. The minimum atomic E-state index is -0.543. The van der Waals surface area contributed by atoms with Crippen LogP contribution in [0.2, 0.25) is 5.02 Å². The molecule has 1 amide bonds. The Morgan fingerprint density at radius 2 is 1.96 bits per heavy atom. The first kappa shape index (κ1) is 18.8. The van der Waals surface area contributed by atoms with Gasteiger partial charge in [-0.1, -0.05) is 17.7 Å². The minimum Gasteiger partial charge on any atom is -0.496 e. The van der Waals surface area contributed by atoms with Gasteiger partial charge in [0.1, 0.15) is 23.1 Å². The van der Waals surface area contributed by atoms with E-state index >= 15 is 0 Å². The van der Waals surface area contributed by atoms with Gasteiger partial charge < -0.3 is 14.8 Å². The van der Waals surface area contributed by atoms with Gasteiger partial charge in [0.05, 0.1) is 18.7 Å². The minimum absolute atomic E-state index is 0.0738. The van der Waals surface area contributed by atoms with Crippen LogP contribution in [0.1, 0.15) is 5.56 Å². The van der Waals surface area contributed by atoms with Crippen LogP contribution in [0.25, 0.3) is 6.08 Å². The number of amides is 1. The first-order valence-electron chi connectivity index (χ1n) is 7.08. The summed E-state index contributed by atoms with van der Waals surface area (Å²) >= 11 is 9.27. The molecule has 0 aliphatic heterocycles. The van der Waals surface area contributed by atoms with E-state index in [2.05, 4.69) is 21.2 Å². The third kappa shape index (κ3) is 4.75. The molecule has 2 aromatic rings. The van der Waals surface area contributed by atoms with E-state index in [1.807, 2.05) is 6.07 Å². The predicted octanol–water partition coefficient (Wildman–Crippen LogP) is 4.67. The zero-order valence-electron chi connectivity index (χ0n) is 13.5. The Morgan fingerprint density at radius 3 is 2.56 bits per heavy atom. The molecule has 0 unspecified atom stereocenters. The van der Waals surface area contributed by atoms with Crippen LogP contribution in [-0.2, 0) is 4.79 Å². The number of methoxy groups -OCH3 is 2. The molecule has 0 heterocycles. The first-order chi connectivity index (χ1) is 12.0. The lowest BCUT2D eigenvalue weighted by atomic mass is 10.1. The topological polar surface area (TPSA) is 71.3 Å². The van der Waals surface area contributed by atoms with Crippen LogP contribution in [0.5, 0.6) is 11.5 Å². The van der Waals surface area contributed by atoms with Crippen molar-refractivity contribution in [3.05, 3.63) is 57.0 Å². The van der Waals surface area contributed by atoms with Gasteiger partial charge in [-0.15, -0.1) is 0 Å². The maximum Gasteiger partial charge on any atom is 0.266 e. The number of carbonyl (C=O) groups is 1. The molecule has 128 valence electrons. The number of rotatable bonds is 5. The SMILES string of the molecule is COc1cc(OC)c(/C=C(\C#N)C(=O)Nc2cccc(Cl)c2)cc1Br. The normalized spacial score (nSPS) is 10.8. The molecule has 0 aliphatic carbocycles. The summed E-state index contributed by atoms with van der Waals surface area (Å²) in [5, 5.41) is 12.5. The molecule has 25 heavy (non-hydrogen) atoms. The molecule has 1 N–H and O–H groups in total. The fourth-order valence-electron chi connectivity index (χ4n) is 2.06. The van der Waals surface area contributed by atoms with E-state index in [9.17, 15) is 10.1 Å². The summed E-state index contributed by atoms with van der Waals surface area (Å²) < 4.78 is 11.2. The molecule has 0 atom stereocenters. The number of benzene rings is 2. The molecule has 0 bridgehead atoms. The molecular formula is C18H14BrClN2O3. The number of nitriles is 1. The molecule has 0 saturated carbocycles. The first-order valence-corrected chi connectivity index (χ1v) is 8.25. The van der Waals surface area contributed by atoms with Gasteiger partial charge in [-0.25, -0.2) is 0 Å². The van der Waals surface area contributed by atoms with E-state index in [-0.39, 0.29) is 5.57 Å². The Kier molecular flexibility index (Phi) is 6.45. The van der Waals surface area contributed by atoms with Crippen LogP contribution >= 0.6 is 27.5 Å². The van der Waals surface area contributed by atoms with Crippen molar-refractivity contribution < 1.29 is 14.3 Å². The predicted molar refractivity (Wildman–Crippen MR) is 101 cm³/mol. The molecule has 7 heteroatoms. The fraction of sp³-hybridized carbons (Fsp3) is 0.111. The smallest absolute Gasteiger partial charge is 0.266 e. The largest absolute Gasteiger partial charge is 0.496 e. The summed E-state index contributed by atoms with van der Waals surface area (Å²) in [6.45, 7) is 0. The summed E-state index contributed by atoms with van der Waals surface area (Å²) in [5.74, 6) is 0.512. The lowest BCUT2D eigenvalue weighted by Gasteiger charge is -2.10. The van der Waals surface area contributed by atoms with Crippen LogP contribution in [0.4, 0.5) is 5.69 Å². The highest BCUT2D eigenvalue weighted by Gasteiger charge is 2.13. The van der Waals surface area contributed by atoms with Crippen molar-refractivity contribution in [1.82, 2.24) is 0 Å². The highest BCUT2D eigenvalue weighted by atomic mass is 79.9. The van der Waals surface area contributed by atoms with Crippen molar-refractivity contribution in [2.24, 2.45) is 0 Å². The van der Waals surface area contributed by atoms with E-state index in [4.69, 9.17) is 21.1 Å². The van der Waals surface area contributed by atoms with Crippen LogP contribution in [0, 0.1) is 11.3 Å². The van der Waals surface area contributed by atoms with E-state index in [1.165, 1.54) is 20.3 Å². The van der Waals surface area contributed by atoms with Gasteiger partial charge in [-0.3, -0.25) is 4.79 Å². The molecule has 2 rings (SSSR count). The van der Waals surface area contributed by atoms with Gasteiger partial charge in [0.25, 0.3) is 5.91 Å². The Hall–Kier alpha value is -2.49. The van der Waals surface area contributed by atoms with Crippen molar-refractivity contribution >= 4 is 45.2 Å². The van der Waals surface area contributed by atoms with Gasteiger partial charge in [-0.05, 0) is 46.3 Å². The van der Waals surface area contributed by atoms with Crippen molar-refractivity contribution in [3.8, 4) is 17.6 Å². The lowest BCUT2D eigenvalue weighted by Crippen LogP contribution is -2.13. The second-order valence-electron chi connectivity index (χ2n) is 4.86. The maximum atomic E-state index is 12.3. The van der Waals surface area contributed by atoms with Gasteiger partial charge in [0, 0.05) is 22.3 Å². The molecule has 0 saturated heterocycles. The second-order valence-corrected chi connectivity index (χ2v) is 6.15. The Labute approximate surface area is 158 Å². The average molecular weight is 422 g/mol. The zero-order valence-corrected chi connectivity index (χ0v) is 15.8. The summed E-state index contributed by atoms with van der Waals surface area (Å²) in [7, 11) is 3.03. The van der Waals surface area contributed by atoms with Crippen molar-refractivity contribution in [2.45, 2.75) is 0 Å². The molecule has 0 aromatic heterocycles. The Balaban J connectivity index is 2.35. The number of anilines is 1. The van der Waals surface area contributed by atoms with Gasteiger partial charge in [0.2, 0.25) is 0 Å². The number of carbonyl (C=O) groups excluding carboxylic acids is 1. The van der Waals surface area contributed by atoms with Crippen LogP contribution in [0.15, 0.2) is 46.4 Å². The Bertz CT molecular complexity index is 875. The molecule has 2 aromatic carbocycles. The van der Waals surface area contributed by atoms with Gasteiger partial charge >= 0.3 is 0 Å². The summed E-state index contributed by atoms with van der Waals surface area (Å²) in [6, 6.07) is 12.0. The number of ether oxygens (including phenoxy) is 2. The summed E-state index contributed by atoms with van der Waals surface area (Å²) in [4.78, 5) is 12.3. The molecule has 0 spiro atoms. The zero-order chi connectivity index (χ0) is 18.4. The monoisotopic (exact) mass is 420 g/mol. The van der Waals surface area contributed by atoms with E-state index in [1.54, 1.807) is 36.4 Å². The standard InChI is InChI=1S/C18H14BrClN2O3/c1-24-16-9-17(25-2)15(19)7-11(16)6-12(10-21)18(23)22-14-5-3-4-13(20)8-14/h3-9H,1-2H3,(H,22,23)/b12-6+. The quantitative estimate of drug-likeness (QED) is 0.563. The van der Waals surface area contributed by atoms with Crippen molar-refractivity contribution in [1.29, 1.82) is 5.26 Å². The molecular weight excluding hydrogens is 408 g/mol. The van der Waals surface area contributed by atoms with Crippen molar-refractivity contribution in [2.75, 3.05) is 19.5 Å². The maximum absolute atomic E-state index is 12.3. The van der Waals surface area contributed by atoms with Gasteiger partial charge in [0.15, 0.2) is 0 Å². The molecule has 0 fully saturated rings. The third-order valence-electron chi connectivity index (χ3n) is 3.25. The van der Waals surface area contributed by atoms with E-state index < -0.39 is 5.91 Å². The lowest BCUT2D eigenvalue weighted by molar-refractivity contribution is -0.112. The molecule has 5 nitrogen and oxygen atoms in total. The number of nitrogens with zero attached hydrogens (tertiary/aromatic N) is 1. The van der Waals surface area contributed by atoms with Crippen LogP contribution in [-0.4, -0.2) is 20.1 Å². The van der Waals surface area contributed by atoms with Crippen LogP contribution in [0.3, 0.4) is 0 Å². The van der Waals surface area contributed by atoms with E-state index in [0.29, 0.717) is 32.2 Å². The summed E-state index contributed by atoms with van der Waals surface area (Å²) in [5.41, 5.74) is 0.991. The highest BCUT2D eigenvalue weighted by Crippen LogP contribution is 2.34. The second kappa shape index (κ2) is 8.56. The number of halogens is 2. The van der Waals surface area contributed by atoms with Crippen LogP contribution < -0.4 is 14.8 Å². The number of nitrogens with one attached hydrogen (secondary N) is 1. The number of hydrogen-bond donors (Lipinski definition) is 1. The van der Waals surface area contributed by atoms with E-state index in [0.717, 1.165) is 0 Å². The van der Waals surface area contributed by atoms with Gasteiger partial charge in [-0.2, -0.15) is 5.26 Å². The third-order valence-corrected chi connectivity index (χ3v) is 4.11. The molecule has 0 aliphatic rings. The average Bonchev–Trinajstić information content (AvgIpc) is 2.59. The fourth-order valence-corrected chi connectivity index (χ4v) is 2.78. The molecule has 0 radical (unpaired) electrons. The summed E-state index contributed by atoms with van der Waals surface area (Å²) in [6.07, 6.45) is 1.45. The Morgan fingerprint density at radius 1 is 1.24 bits per heavy atom. The van der Waals surface area contributed by atoms with Crippen molar-refractivity contribution in [3.63, 3.8) is 0 Å².